The van der Waals surface area contributed by atoms with Crippen LogP contribution in [0.2, 0.25) is 0 Å². The highest BCUT2D eigenvalue weighted by Crippen LogP contribution is 2.19. The number of hydrogen-bond acceptors (Lipinski definition) is 6. The van der Waals surface area contributed by atoms with Crippen molar-refractivity contribution in [3.63, 3.8) is 0 Å². The van der Waals surface area contributed by atoms with E-state index in [1.54, 1.807) is 6.92 Å². The number of phenols is 1. The number of anilines is 1. The van der Waals surface area contributed by atoms with E-state index in [1.807, 2.05) is 37.5 Å². The van der Waals surface area contributed by atoms with Crippen LogP contribution in [0.3, 0.4) is 0 Å². The number of hydrogen-bond donors (Lipinski definition) is 4. The second-order valence-electron chi connectivity index (χ2n) is 7.41. The number of benzene rings is 2. The first kappa shape index (κ1) is 24.3. The van der Waals surface area contributed by atoms with Crippen molar-refractivity contribution in [3.05, 3.63) is 59.2 Å². The van der Waals surface area contributed by atoms with Crippen molar-refractivity contribution in [2.45, 2.75) is 33.6 Å². The number of aromatic hydroxyl groups is 1. The SMILES string of the molecule is Cc1ccc(C)c(NC(=O)CC/C(=N\NC(=O)C(N)=O)[C@H](C)C(=O)c2ccc(O)cc2)c1. The smallest absolute Gasteiger partial charge is 0.329 e. The van der Waals surface area contributed by atoms with Crippen LogP contribution in [0, 0.1) is 19.8 Å². The minimum Gasteiger partial charge on any atom is -0.508 e. The van der Waals surface area contributed by atoms with E-state index >= 15 is 0 Å². The number of primary amides is 1. The van der Waals surface area contributed by atoms with E-state index in [0.29, 0.717) is 11.3 Å². The summed E-state index contributed by atoms with van der Waals surface area (Å²) in [5, 5.41) is 16.1. The summed E-state index contributed by atoms with van der Waals surface area (Å²) in [5.41, 5.74) is 10.1. The summed E-state index contributed by atoms with van der Waals surface area (Å²) in [6, 6.07) is 11.4. The molecule has 0 aliphatic rings. The van der Waals surface area contributed by atoms with E-state index in [2.05, 4.69) is 10.4 Å². The Hall–Kier alpha value is -4.01. The molecule has 0 saturated heterocycles. The van der Waals surface area contributed by atoms with Crippen LogP contribution in [0.15, 0.2) is 47.6 Å². The predicted molar refractivity (Wildman–Crippen MR) is 120 cm³/mol. The number of nitrogens with zero attached hydrogens (tertiary/aromatic N) is 1. The normalized spacial score (nSPS) is 12.0. The first-order valence-corrected chi connectivity index (χ1v) is 9.95. The summed E-state index contributed by atoms with van der Waals surface area (Å²) in [6.07, 6.45) is 0.0482. The molecule has 0 aliphatic heterocycles. The molecule has 2 aromatic rings. The van der Waals surface area contributed by atoms with E-state index in [4.69, 9.17) is 5.73 Å². The van der Waals surface area contributed by atoms with Gasteiger partial charge in [-0.25, -0.2) is 5.43 Å². The summed E-state index contributed by atoms with van der Waals surface area (Å²) in [4.78, 5) is 47.8. The molecule has 3 amide bonds. The average molecular weight is 438 g/mol. The summed E-state index contributed by atoms with van der Waals surface area (Å²) in [7, 11) is 0. The standard InChI is InChI=1S/C23H26N4O5/c1-13-4-5-14(2)19(12-13)25-20(29)11-10-18(26-27-23(32)22(24)31)15(3)21(30)16-6-8-17(28)9-7-16/h4-9,12,15,28H,10-11H2,1-3H3,(H2,24,31)(H,25,29)(H,27,32)/b26-18+/t15-/m0/s1. The molecule has 2 aromatic carbocycles. The molecule has 9 nitrogen and oxygen atoms in total. The summed E-state index contributed by atoms with van der Waals surface area (Å²) in [5.74, 6) is -3.77. The molecule has 0 spiro atoms. The van der Waals surface area contributed by atoms with Gasteiger partial charge in [-0.1, -0.05) is 12.1 Å². The number of Topliss-reactive ketones (excluding diaryl/α,β-unsaturated/α-hetero) is 1. The maximum Gasteiger partial charge on any atom is 0.329 e. The van der Waals surface area contributed by atoms with E-state index in [0.717, 1.165) is 11.1 Å². The van der Waals surface area contributed by atoms with E-state index in [9.17, 15) is 24.3 Å². The Balaban J connectivity index is 2.16. The van der Waals surface area contributed by atoms with Crippen LogP contribution >= 0.6 is 0 Å². The number of phenolic OH excluding ortho intramolecular Hbond substituents is 1. The lowest BCUT2D eigenvalue weighted by Gasteiger charge is -2.15. The summed E-state index contributed by atoms with van der Waals surface area (Å²) >= 11 is 0. The number of amides is 3. The fourth-order valence-electron chi connectivity index (χ4n) is 2.90. The quantitative estimate of drug-likeness (QED) is 0.216. The third-order valence-corrected chi connectivity index (χ3v) is 4.85. The van der Waals surface area contributed by atoms with Gasteiger partial charge < -0.3 is 16.2 Å². The number of nitrogens with two attached hydrogens (primary N) is 1. The Bertz CT molecular complexity index is 1060. The van der Waals surface area contributed by atoms with Gasteiger partial charge in [0.2, 0.25) is 5.91 Å². The van der Waals surface area contributed by atoms with Crippen molar-refractivity contribution in [2.24, 2.45) is 16.8 Å². The average Bonchev–Trinajstić information content (AvgIpc) is 2.75. The molecule has 0 aromatic heterocycles. The molecule has 0 bridgehead atoms. The molecule has 0 heterocycles. The molecular weight excluding hydrogens is 412 g/mol. The van der Waals surface area contributed by atoms with Crippen LogP contribution in [0.5, 0.6) is 5.75 Å². The molecule has 2 rings (SSSR count). The van der Waals surface area contributed by atoms with E-state index < -0.39 is 17.7 Å². The van der Waals surface area contributed by atoms with Gasteiger partial charge >= 0.3 is 11.8 Å². The van der Waals surface area contributed by atoms with E-state index in [1.165, 1.54) is 24.3 Å². The molecule has 9 heteroatoms. The van der Waals surface area contributed by atoms with Gasteiger partial charge in [0.25, 0.3) is 0 Å². The summed E-state index contributed by atoms with van der Waals surface area (Å²) < 4.78 is 0. The maximum absolute atomic E-state index is 12.8. The molecule has 0 unspecified atom stereocenters. The van der Waals surface area contributed by atoms with Gasteiger partial charge in [-0.3, -0.25) is 19.2 Å². The fraction of sp³-hybridized carbons (Fsp3) is 0.261. The van der Waals surface area contributed by atoms with Gasteiger partial charge in [-0.2, -0.15) is 5.10 Å². The van der Waals surface area contributed by atoms with Crippen molar-refractivity contribution in [3.8, 4) is 5.75 Å². The third kappa shape index (κ3) is 6.76. The zero-order chi connectivity index (χ0) is 23.8. The highest BCUT2D eigenvalue weighted by Gasteiger charge is 2.23. The van der Waals surface area contributed by atoms with Gasteiger partial charge in [0.05, 0.1) is 5.92 Å². The number of carbonyl (C=O) groups is 4. The van der Waals surface area contributed by atoms with E-state index in [-0.39, 0.29) is 36.0 Å². The topological polar surface area (TPSA) is 151 Å². The molecule has 0 radical (unpaired) electrons. The van der Waals surface area contributed by atoms with Crippen molar-refractivity contribution >= 4 is 34.9 Å². The lowest BCUT2D eigenvalue weighted by molar-refractivity contribution is -0.137. The van der Waals surface area contributed by atoms with Crippen molar-refractivity contribution in [1.82, 2.24) is 5.43 Å². The number of nitrogens with one attached hydrogen (secondary N) is 2. The monoisotopic (exact) mass is 438 g/mol. The first-order chi connectivity index (χ1) is 15.1. The van der Waals surface area contributed by atoms with Crippen LogP contribution in [0.4, 0.5) is 5.69 Å². The predicted octanol–water partition coefficient (Wildman–Crippen LogP) is 2.20. The van der Waals surface area contributed by atoms with Crippen LogP contribution in [-0.4, -0.2) is 34.3 Å². The Morgan fingerprint density at radius 3 is 2.31 bits per heavy atom. The number of hydrazone groups is 1. The van der Waals surface area contributed by atoms with Crippen LogP contribution in [0.25, 0.3) is 0 Å². The lowest BCUT2D eigenvalue weighted by atomic mass is 9.92. The first-order valence-electron chi connectivity index (χ1n) is 9.95. The highest BCUT2D eigenvalue weighted by molar-refractivity contribution is 6.34. The van der Waals surface area contributed by atoms with Crippen molar-refractivity contribution < 1.29 is 24.3 Å². The Labute approximate surface area is 185 Å². The number of rotatable bonds is 8. The van der Waals surface area contributed by atoms with Gasteiger partial charge in [0.15, 0.2) is 5.78 Å². The molecule has 0 saturated carbocycles. The molecular formula is C23H26N4O5. The lowest BCUT2D eigenvalue weighted by Crippen LogP contribution is -2.35. The number of carbonyl (C=O) groups excluding carboxylic acids is 4. The van der Waals surface area contributed by atoms with Gasteiger partial charge in [-0.15, -0.1) is 0 Å². The van der Waals surface area contributed by atoms with Gasteiger partial charge in [0.1, 0.15) is 5.75 Å². The minimum atomic E-state index is -1.22. The third-order valence-electron chi connectivity index (χ3n) is 4.85. The number of ketones is 1. The second kappa shape index (κ2) is 10.9. The van der Waals surface area contributed by atoms with Crippen LogP contribution in [-0.2, 0) is 14.4 Å². The second-order valence-corrected chi connectivity index (χ2v) is 7.41. The summed E-state index contributed by atoms with van der Waals surface area (Å²) in [6.45, 7) is 5.37. The number of aryl methyl sites for hydroxylation is 2. The zero-order valence-corrected chi connectivity index (χ0v) is 18.1. The van der Waals surface area contributed by atoms with Crippen molar-refractivity contribution in [1.29, 1.82) is 0 Å². The van der Waals surface area contributed by atoms with Gasteiger partial charge in [-0.05, 0) is 68.7 Å². The largest absolute Gasteiger partial charge is 0.508 e. The molecule has 32 heavy (non-hydrogen) atoms. The molecule has 1 atom stereocenters. The van der Waals surface area contributed by atoms with Crippen LogP contribution in [0.1, 0.15) is 41.3 Å². The highest BCUT2D eigenvalue weighted by atomic mass is 16.3. The molecule has 0 fully saturated rings. The Kier molecular flexibility index (Phi) is 8.23. The molecule has 0 aliphatic carbocycles. The minimum absolute atomic E-state index is 0.00808. The molecule has 5 N–H and O–H groups in total. The van der Waals surface area contributed by atoms with Crippen molar-refractivity contribution in [2.75, 3.05) is 5.32 Å². The molecule has 168 valence electrons. The fourth-order valence-corrected chi connectivity index (χ4v) is 2.90. The van der Waals surface area contributed by atoms with Crippen LogP contribution < -0.4 is 16.5 Å². The zero-order valence-electron chi connectivity index (χ0n) is 18.1. The maximum atomic E-state index is 12.8. The van der Waals surface area contributed by atoms with Gasteiger partial charge in [0, 0.05) is 23.4 Å². The Morgan fingerprint density at radius 2 is 1.69 bits per heavy atom. The Morgan fingerprint density at radius 1 is 1.03 bits per heavy atom.